The lowest BCUT2D eigenvalue weighted by molar-refractivity contribution is 0.316. The van der Waals surface area contributed by atoms with Crippen LogP contribution >= 0.6 is 11.5 Å². The summed E-state index contributed by atoms with van der Waals surface area (Å²) in [4.78, 5) is 2.52. The molecule has 0 amide bonds. The number of hydrogen-bond donors (Lipinski definition) is 1. The van der Waals surface area contributed by atoms with Gasteiger partial charge in [0.25, 0.3) is 0 Å². The summed E-state index contributed by atoms with van der Waals surface area (Å²) in [6, 6.07) is 11.2. The summed E-state index contributed by atoms with van der Waals surface area (Å²) in [5.41, 5.74) is 2.44. The highest BCUT2D eigenvalue weighted by Crippen LogP contribution is 2.19. The molecular formula is C15H20N4S. The molecule has 3 rings (SSSR count). The number of rotatable bonds is 5. The molecule has 1 fully saturated rings. The summed E-state index contributed by atoms with van der Waals surface area (Å²) in [6.45, 7) is 6.45. The van der Waals surface area contributed by atoms with Gasteiger partial charge in [0.1, 0.15) is 0 Å². The first-order valence-electron chi connectivity index (χ1n) is 7.07. The van der Waals surface area contributed by atoms with E-state index in [4.69, 9.17) is 0 Å². The van der Waals surface area contributed by atoms with Crippen LogP contribution in [0.5, 0.6) is 0 Å². The molecule has 0 saturated carbocycles. The van der Waals surface area contributed by atoms with E-state index in [-0.39, 0.29) is 0 Å². The van der Waals surface area contributed by atoms with E-state index >= 15 is 0 Å². The van der Waals surface area contributed by atoms with E-state index in [1.807, 2.05) is 5.38 Å². The summed E-state index contributed by atoms with van der Waals surface area (Å²) in [6.07, 6.45) is 0. The first kappa shape index (κ1) is 13.7. The van der Waals surface area contributed by atoms with Crippen LogP contribution in [0.15, 0.2) is 35.7 Å². The number of likely N-dealkylation sites (tertiary alicyclic amines) is 1. The Hall–Kier alpha value is -1.30. The quantitative estimate of drug-likeness (QED) is 0.915. The molecule has 2 heterocycles. The molecule has 0 unspecified atom stereocenters. The molecule has 20 heavy (non-hydrogen) atoms. The number of nitrogens with one attached hydrogen (secondary N) is 1. The van der Waals surface area contributed by atoms with Crippen molar-refractivity contribution in [3.63, 3.8) is 0 Å². The van der Waals surface area contributed by atoms with Crippen LogP contribution < -0.4 is 5.32 Å². The predicted molar refractivity (Wildman–Crippen MR) is 81.4 cm³/mol. The fourth-order valence-electron chi connectivity index (χ4n) is 2.80. The van der Waals surface area contributed by atoms with E-state index in [1.54, 1.807) is 0 Å². The van der Waals surface area contributed by atoms with Crippen LogP contribution in [-0.4, -0.2) is 33.6 Å². The van der Waals surface area contributed by atoms with E-state index in [0.717, 1.165) is 31.9 Å². The molecule has 4 nitrogen and oxygen atoms in total. The van der Waals surface area contributed by atoms with E-state index < -0.39 is 0 Å². The summed E-state index contributed by atoms with van der Waals surface area (Å²) in [5.74, 6) is 0.672. The molecule has 2 atom stereocenters. The van der Waals surface area contributed by atoms with Gasteiger partial charge in [-0.15, -0.1) is 5.10 Å². The minimum atomic E-state index is 0.542. The summed E-state index contributed by atoms with van der Waals surface area (Å²) in [7, 11) is 0. The van der Waals surface area contributed by atoms with Gasteiger partial charge in [-0.05, 0) is 23.0 Å². The average Bonchev–Trinajstić information content (AvgIpc) is 3.08. The zero-order valence-corrected chi connectivity index (χ0v) is 12.5. The van der Waals surface area contributed by atoms with E-state index in [2.05, 4.69) is 57.1 Å². The van der Waals surface area contributed by atoms with Gasteiger partial charge in [0, 0.05) is 37.6 Å². The van der Waals surface area contributed by atoms with Crippen LogP contribution in [-0.2, 0) is 13.1 Å². The van der Waals surface area contributed by atoms with Crippen LogP contribution in [0, 0.1) is 5.92 Å². The molecule has 1 aliphatic rings. The molecule has 0 spiro atoms. The van der Waals surface area contributed by atoms with Crippen LogP contribution in [0.1, 0.15) is 18.2 Å². The third kappa shape index (κ3) is 3.42. The van der Waals surface area contributed by atoms with Crippen LogP contribution in [0.25, 0.3) is 0 Å². The van der Waals surface area contributed by atoms with Crippen molar-refractivity contribution in [2.24, 2.45) is 5.92 Å². The molecule has 0 bridgehead atoms. The molecule has 0 aliphatic carbocycles. The Balaban J connectivity index is 1.51. The lowest BCUT2D eigenvalue weighted by Crippen LogP contribution is -2.35. The Morgan fingerprint density at radius 2 is 2.15 bits per heavy atom. The third-order valence-electron chi connectivity index (χ3n) is 3.89. The minimum Gasteiger partial charge on any atom is -0.307 e. The molecule has 1 aromatic carbocycles. The van der Waals surface area contributed by atoms with E-state index in [0.29, 0.717) is 12.0 Å². The molecule has 2 aromatic rings. The van der Waals surface area contributed by atoms with Gasteiger partial charge in [-0.3, -0.25) is 4.90 Å². The van der Waals surface area contributed by atoms with Gasteiger partial charge in [-0.1, -0.05) is 41.7 Å². The van der Waals surface area contributed by atoms with Gasteiger partial charge in [0.05, 0.1) is 5.69 Å². The van der Waals surface area contributed by atoms with Crippen molar-refractivity contribution >= 4 is 11.5 Å². The number of hydrogen-bond acceptors (Lipinski definition) is 5. The van der Waals surface area contributed by atoms with Crippen molar-refractivity contribution < 1.29 is 0 Å². The average molecular weight is 288 g/mol. The van der Waals surface area contributed by atoms with Crippen LogP contribution in [0.2, 0.25) is 0 Å². The Morgan fingerprint density at radius 3 is 2.90 bits per heavy atom. The van der Waals surface area contributed by atoms with E-state index in [1.165, 1.54) is 17.1 Å². The zero-order chi connectivity index (χ0) is 13.8. The predicted octanol–water partition coefficient (Wildman–Crippen LogP) is 2.15. The largest absolute Gasteiger partial charge is 0.307 e. The second-order valence-electron chi connectivity index (χ2n) is 5.54. The normalized spacial score (nSPS) is 23.2. The molecular weight excluding hydrogens is 268 g/mol. The lowest BCUT2D eigenvalue weighted by Gasteiger charge is -2.16. The first-order chi connectivity index (χ1) is 9.81. The second kappa shape index (κ2) is 6.43. The Morgan fingerprint density at radius 1 is 1.30 bits per heavy atom. The van der Waals surface area contributed by atoms with Gasteiger partial charge >= 0.3 is 0 Å². The van der Waals surface area contributed by atoms with Crippen molar-refractivity contribution in [3.05, 3.63) is 47.0 Å². The fraction of sp³-hybridized carbons (Fsp3) is 0.467. The maximum absolute atomic E-state index is 4.08. The van der Waals surface area contributed by atoms with Crippen molar-refractivity contribution in [2.75, 3.05) is 13.1 Å². The highest BCUT2D eigenvalue weighted by molar-refractivity contribution is 7.03. The number of aromatic nitrogens is 2. The van der Waals surface area contributed by atoms with Crippen LogP contribution in [0.4, 0.5) is 0 Å². The summed E-state index contributed by atoms with van der Waals surface area (Å²) in [5, 5.41) is 9.70. The van der Waals surface area contributed by atoms with Gasteiger partial charge in [0.15, 0.2) is 0 Å². The SMILES string of the molecule is C[C@@H]1CN(Cc2ccccc2)C[C@@H]1NCc1csnn1. The van der Waals surface area contributed by atoms with Gasteiger partial charge in [-0.25, -0.2) is 0 Å². The molecule has 1 saturated heterocycles. The highest BCUT2D eigenvalue weighted by atomic mass is 32.1. The molecule has 1 N–H and O–H groups in total. The fourth-order valence-corrected chi connectivity index (χ4v) is 3.25. The van der Waals surface area contributed by atoms with Gasteiger partial charge in [-0.2, -0.15) is 0 Å². The molecule has 106 valence electrons. The van der Waals surface area contributed by atoms with Crippen molar-refractivity contribution in [2.45, 2.75) is 26.1 Å². The lowest BCUT2D eigenvalue weighted by atomic mass is 10.1. The maximum Gasteiger partial charge on any atom is 0.0893 e. The standard InChI is InChI=1S/C15H20N4S/c1-12-8-19(9-13-5-3-2-4-6-13)10-15(12)16-7-14-11-20-18-17-14/h2-6,11-12,15-16H,7-10H2,1H3/t12-,15+/m1/s1. The molecule has 1 aromatic heterocycles. The number of benzene rings is 1. The minimum absolute atomic E-state index is 0.542. The number of nitrogens with zero attached hydrogens (tertiary/aromatic N) is 3. The first-order valence-corrected chi connectivity index (χ1v) is 7.90. The Labute approximate surface area is 124 Å². The topological polar surface area (TPSA) is 41.0 Å². The Bertz CT molecular complexity index is 514. The third-order valence-corrected chi connectivity index (χ3v) is 4.44. The summed E-state index contributed by atoms with van der Waals surface area (Å²) < 4.78 is 3.90. The van der Waals surface area contributed by atoms with E-state index in [9.17, 15) is 0 Å². The smallest absolute Gasteiger partial charge is 0.0893 e. The Kier molecular flexibility index (Phi) is 4.40. The highest BCUT2D eigenvalue weighted by Gasteiger charge is 2.29. The summed E-state index contributed by atoms with van der Waals surface area (Å²) >= 11 is 1.41. The van der Waals surface area contributed by atoms with Crippen LogP contribution in [0.3, 0.4) is 0 Å². The zero-order valence-electron chi connectivity index (χ0n) is 11.7. The molecule has 0 radical (unpaired) electrons. The van der Waals surface area contributed by atoms with Gasteiger partial charge in [0.2, 0.25) is 0 Å². The van der Waals surface area contributed by atoms with Gasteiger partial charge < -0.3 is 5.32 Å². The van der Waals surface area contributed by atoms with Crippen molar-refractivity contribution in [1.82, 2.24) is 19.8 Å². The monoisotopic (exact) mass is 288 g/mol. The van der Waals surface area contributed by atoms with Crippen molar-refractivity contribution in [1.29, 1.82) is 0 Å². The maximum atomic E-state index is 4.08. The second-order valence-corrected chi connectivity index (χ2v) is 6.15. The molecule has 5 heteroatoms. The van der Waals surface area contributed by atoms with Crippen molar-refractivity contribution in [3.8, 4) is 0 Å². The molecule has 1 aliphatic heterocycles.